The SMILES string of the molecule is C(#Cc1ccc2c(c1)sc1oc3cc(C=Cc4ccc5ccccc5c4)ccc3c12)c1ccc2ccccc2c1. The van der Waals surface area contributed by atoms with Gasteiger partial charge >= 0.3 is 0 Å². The summed E-state index contributed by atoms with van der Waals surface area (Å²) in [4.78, 5) is 0.959. The van der Waals surface area contributed by atoms with Crippen molar-refractivity contribution in [3.63, 3.8) is 0 Å². The first kappa shape index (κ1) is 22.8. The molecule has 0 aliphatic carbocycles. The number of hydrogen-bond acceptors (Lipinski definition) is 2. The van der Waals surface area contributed by atoms with Crippen LogP contribution in [0.4, 0.5) is 0 Å². The van der Waals surface area contributed by atoms with Crippen molar-refractivity contribution in [2.45, 2.75) is 0 Å². The number of fused-ring (bicyclic) bond motifs is 7. The molecule has 8 rings (SSSR count). The second-order valence-electron chi connectivity index (χ2n) is 10.1. The van der Waals surface area contributed by atoms with Gasteiger partial charge in [0.2, 0.25) is 0 Å². The number of thiophene rings is 1. The molecule has 0 saturated carbocycles. The van der Waals surface area contributed by atoms with Crippen molar-refractivity contribution in [2.24, 2.45) is 0 Å². The van der Waals surface area contributed by atoms with Gasteiger partial charge in [-0.3, -0.25) is 0 Å². The molecule has 1 nitrogen and oxygen atoms in total. The van der Waals surface area contributed by atoms with Crippen LogP contribution in [0, 0.1) is 11.8 Å². The van der Waals surface area contributed by atoms with E-state index in [4.69, 9.17) is 4.42 Å². The molecular weight excluding hydrogens is 504 g/mol. The standard InChI is InChI=1S/C38H22OS/c1-3-7-31-21-25(13-17-29(31)5-1)9-11-27-15-19-33-35(23-27)39-38-37(33)34-20-16-28(24-36(34)40-38)12-10-26-14-18-30-6-2-4-8-32(30)22-26/h1-9,11,13-24H. The minimum atomic E-state index is 0.920. The van der Waals surface area contributed by atoms with Crippen molar-refractivity contribution in [3.8, 4) is 11.8 Å². The fourth-order valence-electron chi connectivity index (χ4n) is 5.43. The molecular formula is C38H22OS. The van der Waals surface area contributed by atoms with Crippen molar-refractivity contribution in [1.29, 1.82) is 0 Å². The van der Waals surface area contributed by atoms with E-state index in [0.717, 1.165) is 32.6 Å². The Balaban J connectivity index is 1.10. The van der Waals surface area contributed by atoms with Crippen LogP contribution in [0.25, 0.3) is 65.0 Å². The van der Waals surface area contributed by atoms with Crippen molar-refractivity contribution >= 4 is 76.4 Å². The van der Waals surface area contributed by atoms with Crippen LogP contribution in [-0.2, 0) is 0 Å². The molecule has 6 aromatic carbocycles. The molecule has 2 heteroatoms. The molecule has 0 spiro atoms. The highest BCUT2D eigenvalue weighted by atomic mass is 32.1. The van der Waals surface area contributed by atoms with Gasteiger partial charge in [-0.25, -0.2) is 0 Å². The molecule has 0 radical (unpaired) electrons. The molecule has 0 aliphatic heterocycles. The molecule has 0 N–H and O–H groups in total. The van der Waals surface area contributed by atoms with Gasteiger partial charge < -0.3 is 4.42 Å². The van der Waals surface area contributed by atoms with Gasteiger partial charge in [-0.05, 0) is 75.1 Å². The maximum Gasteiger partial charge on any atom is 0.190 e. The summed E-state index contributed by atoms with van der Waals surface area (Å²) >= 11 is 1.69. The van der Waals surface area contributed by atoms with Crippen LogP contribution in [-0.4, -0.2) is 0 Å². The van der Waals surface area contributed by atoms with Crippen LogP contribution < -0.4 is 0 Å². The Bertz CT molecular complexity index is 2340. The first-order valence-corrected chi connectivity index (χ1v) is 14.2. The van der Waals surface area contributed by atoms with E-state index in [2.05, 4.69) is 145 Å². The molecule has 0 bridgehead atoms. The molecule has 2 aromatic heterocycles. The summed E-state index contributed by atoms with van der Waals surface area (Å²) in [5.74, 6) is 6.69. The van der Waals surface area contributed by atoms with Gasteiger partial charge in [0, 0.05) is 32.0 Å². The van der Waals surface area contributed by atoms with Gasteiger partial charge in [-0.15, -0.1) is 0 Å². The third-order valence-electron chi connectivity index (χ3n) is 7.48. The second kappa shape index (κ2) is 9.27. The number of benzene rings is 6. The van der Waals surface area contributed by atoms with Gasteiger partial charge in [0.1, 0.15) is 5.58 Å². The zero-order chi connectivity index (χ0) is 26.5. The van der Waals surface area contributed by atoms with E-state index >= 15 is 0 Å². The average molecular weight is 527 g/mol. The van der Waals surface area contributed by atoms with Gasteiger partial charge in [0.25, 0.3) is 0 Å². The summed E-state index contributed by atoms with van der Waals surface area (Å²) < 4.78 is 7.54. The smallest absolute Gasteiger partial charge is 0.190 e. The van der Waals surface area contributed by atoms with E-state index in [1.54, 1.807) is 11.3 Å². The minimum absolute atomic E-state index is 0.920. The van der Waals surface area contributed by atoms with E-state index in [-0.39, 0.29) is 0 Å². The Hall–Kier alpha value is -5.10. The molecule has 186 valence electrons. The van der Waals surface area contributed by atoms with E-state index in [1.807, 2.05) is 0 Å². The highest BCUT2D eigenvalue weighted by molar-refractivity contribution is 7.25. The molecule has 8 aromatic rings. The summed E-state index contributed by atoms with van der Waals surface area (Å²) in [5.41, 5.74) is 5.26. The lowest BCUT2D eigenvalue weighted by Gasteiger charge is -2.00. The summed E-state index contributed by atoms with van der Waals surface area (Å²) in [5, 5.41) is 8.51. The van der Waals surface area contributed by atoms with Crippen molar-refractivity contribution in [2.75, 3.05) is 0 Å². The van der Waals surface area contributed by atoms with E-state index in [9.17, 15) is 0 Å². The Kier molecular flexibility index (Phi) is 5.30. The van der Waals surface area contributed by atoms with E-state index in [1.165, 1.54) is 42.6 Å². The molecule has 0 saturated heterocycles. The monoisotopic (exact) mass is 526 g/mol. The first-order chi connectivity index (χ1) is 19.8. The zero-order valence-corrected chi connectivity index (χ0v) is 22.3. The van der Waals surface area contributed by atoms with Crippen LogP contribution in [0.15, 0.2) is 126 Å². The average Bonchev–Trinajstić information content (AvgIpc) is 3.53. The Morgan fingerprint density at radius 1 is 0.525 bits per heavy atom. The van der Waals surface area contributed by atoms with Crippen LogP contribution >= 0.6 is 11.3 Å². The van der Waals surface area contributed by atoms with Gasteiger partial charge in [-0.1, -0.05) is 114 Å². The Morgan fingerprint density at radius 2 is 1.12 bits per heavy atom. The van der Waals surface area contributed by atoms with Crippen molar-refractivity contribution in [3.05, 3.63) is 144 Å². The van der Waals surface area contributed by atoms with Crippen LogP contribution in [0.5, 0.6) is 0 Å². The molecule has 0 amide bonds. The van der Waals surface area contributed by atoms with Crippen LogP contribution in [0.2, 0.25) is 0 Å². The Labute approximate surface area is 235 Å². The summed E-state index contributed by atoms with van der Waals surface area (Å²) in [7, 11) is 0. The number of hydrogen-bond donors (Lipinski definition) is 0. The second-order valence-corrected chi connectivity index (χ2v) is 11.1. The third-order valence-corrected chi connectivity index (χ3v) is 8.51. The topological polar surface area (TPSA) is 13.1 Å². The Morgan fingerprint density at radius 3 is 1.93 bits per heavy atom. The van der Waals surface area contributed by atoms with Gasteiger partial charge in [-0.2, -0.15) is 0 Å². The quantitative estimate of drug-likeness (QED) is 0.161. The highest BCUT2D eigenvalue weighted by Crippen LogP contribution is 2.41. The van der Waals surface area contributed by atoms with Gasteiger partial charge in [0.15, 0.2) is 4.90 Å². The van der Waals surface area contributed by atoms with Gasteiger partial charge in [0.05, 0.1) is 0 Å². The summed E-state index contributed by atoms with van der Waals surface area (Å²) in [6.07, 6.45) is 4.31. The zero-order valence-electron chi connectivity index (χ0n) is 21.5. The molecule has 0 aliphatic rings. The molecule has 0 unspecified atom stereocenters. The summed E-state index contributed by atoms with van der Waals surface area (Å²) in [6, 6.07) is 42.7. The lowest BCUT2D eigenvalue weighted by Crippen LogP contribution is -1.78. The highest BCUT2D eigenvalue weighted by Gasteiger charge is 2.14. The van der Waals surface area contributed by atoms with Crippen LogP contribution in [0.1, 0.15) is 22.3 Å². The van der Waals surface area contributed by atoms with Crippen molar-refractivity contribution < 1.29 is 4.42 Å². The minimum Gasteiger partial charge on any atom is -0.445 e. The molecule has 40 heavy (non-hydrogen) atoms. The summed E-state index contributed by atoms with van der Waals surface area (Å²) in [6.45, 7) is 0. The van der Waals surface area contributed by atoms with E-state index in [0.29, 0.717) is 0 Å². The fourth-order valence-corrected chi connectivity index (χ4v) is 6.55. The normalized spacial score (nSPS) is 11.7. The van der Waals surface area contributed by atoms with Crippen LogP contribution in [0.3, 0.4) is 0 Å². The van der Waals surface area contributed by atoms with Crippen molar-refractivity contribution in [1.82, 2.24) is 0 Å². The molecule has 0 atom stereocenters. The maximum atomic E-state index is 6.35. The first-order valence-electron chi connectivity index (χ1n) is 13.3. The number of rotatable bonds is 2. The lowest BCUT2D eigenvalue weighted by molar-refractivity contribution is 0.678. The third kappa shape index (κ3) is 4.05. The van der Waals surface area contributed by atoms with E-state index < -0.39 is 0 Å². The maximum absolute atomic E-state index is 6.35. The predicted octanol–water partition coefficient (Wildman–Crippen LogP) is 10.7. The largest absolute Gasteiger partial charge is 0.445 e. The fraction of sp³-hybridized carbons (Fsp3) is 0. The molecule has 0 fully saturated rings. The predicted molar refractivity (Wildman–Crippen MR) is 172 cm³/mol. The molecule has 2 heterocycles. The lowest BCUT2D eigenvalue weighted by atomic mass is 10.0. The number of furan rings is 1.